The van der Waals surface area contributed by atoms with Crippen molar-refractivity contribution in [3.05, 3.63) is 120 Å². The SMILES string of the molecule is Cc1noc(C)c1-c1cnc2c(-c3ccc(B(O)O)cc3)cn(C(c3ccccc3)c3ccccn3)c2c1. The van der Waals surface area contributed by atoms with Gasteiger partial charge in [-0.05, 0) is 48.6 Å². The van der Waals surface area contributed by atoms with Crippen molar-refractivity contribution in [1.82, 2.24) is 19.7 Å². The zero-order valence-corrected chi connectivity index (χ0v) is 21.0. The topological polar surface area (TPSA) is 97.2 Å². The van der Waals surface area contributed by atoms with Crippen molar-refractivity contribution < 1.29 is 14.6 Å². The Morgan fingerprint density at radius 3 is 2.29 bits per heavy atom. The molecule has 7 nitrogen and oxygen atoms in total. The lowest BCUT2D eigenvalue weighted by atomic mass is 9.80. The standard InChI is InChI=1S/C30H25BN4O3/c1-19-28(20(2)38-34-19)23-16-27-29(33-17-23)25(21-11-13-24(14-12-21)31(36)37)18-35(27)30(22-8-4-3-5-9-22)26-10-6-7-15-32-26/h3-18,30,36-37H,1-2H3. The maximum atomic E-state index is 9.57. The van der Waals surface area contributed by atoms with E-state index in [0.29, 0.717) is 5.46 Å². The van der Waals surface area contributed by atoms with E-state index in [2.05, 4.69) is 34.1 Å². The second-order valence-electron chi connectivity index (χ2n) is 9.30. The van der Waals surface area contributed by atoms with Gasteiger partial charge in [0.15, 0.2) is 0 Å². The second-order valence-corrected chi connectivity index (χ2v) is 9.30. The number of benzene rings is 2. The Bertz CT molecular complexity index is 1650. The number of hydrogen-bond donors (Lipinski definition) is 2. The van der Waals surface area contributed by atoms with Crippen LogP contribution in [0.2, 0.25) is 0 Å². The van der Waals surface area contributed by atoms with E-state index in [-0.39, 0.29) is 6.04 Å². The molecule has 2 N–H and O–H groups in total. The van der Waals surface area contributed by atoms with Gasteiger partial charge in [-0.1, -0.05) is 65.8 Å². The molecule has 6 rings (SSSR count). The first-order chi connectivity index (χ1) is 18.5. The minimum atomic E-state index is -1.52. The van der Waals surface area contributed by atoms with E-state index >= 15 is 0 Å². The third-order valence-electron chi connectivity index (χ3n) is 6.87. The molecule has 8 heteroatoms. The van der Waals surface area contributed by atoms with Crippen molar-refractivity contribution in [2.24, 2.45) is 0 Å². The molecule has 0 aliphatic carbocycles. The predicted octanol–water partition coefficient (Wildman–Crippen LogP) is 4.69. The molecule has 0 aliphatic rings. The van der Waals surface area contributed by atoms with Gasteiger partial charge in [-0.3, -0.25) is 9.97 Å². The summed E-state index contributed by atoms with van der Waals surface area (Å²) in [4.78, 5) is 9.66. The van der Waals surface area contributed by atoms with E-state index in [4.69, 9.17) is 14.5 Å². The molecule has 0 amide bonds. The third-order valence-corrected chi connectivity index (χ3v) is 6.87. The van der Waals surface area contributed by atoms with E-state index in [9.17, 15) is 10.0 Å². The quantitative estimate of drug-likeness (QED) is 0.322. The van der Waals surface area contributed by atoms with Gasteiger partial charge in [-0.15, -0.1) is 0 Å². The van der Waals surface area contributed by atoms with Crippen LogP contribution in [0.1, 0.15) is 28.8 Å². The van der Waals surface area contributed by atoms with Crippen LogP contribution < -0.4 is 5.46 Å². The van der Waals surface area contributed by atoms with Crippen molar-refractivity contribution in [1.29, 1.82) is 0 Å². The molecule has 0 bridgehead atoms. The van der Waals surface area contributed by atoms with Crippen molar-refractivity contribution in [2.75, 3.05) is 0 Å². The van der Waals surface area contributed by atoms with Gasteiger partial charge in [-0.2, -0.15) is 0 Å². The molecule has 0 spiro atoms. The molecule has 2 aromatic carbocycles. The largest absolute Gasteiger partial charge is 0.488 e. The van der Waals surface area contributed by atoms with Crippen LogP contribution in [0.25, 0.3) is 33.3 Å². The summed E-state index contributed by atoms with van der Waals surface area (Å²) in [5, 5.41) is 23.3. The van der Waals surface area contributed by atoms with Crippen molar-refractivity contribution in [2.45, 2.75) is 19.9 Å². The molecule has 0 saturated carbocycles. The van der Waals surface area contributed by atoms with Gasteiger partial charge in [-0.25, -0.2) is 0 Å². The highest BCUT2D eigenvalue weighted by Crippen LogP contribution is 2.38. The maximum Gasteiger partial charge on any atom is 0.488 e. The summed E-state index contributed by atoms with van der Waals surface area (Å²) < 4.78 is 7.66. The van der Waals surface area contributed by atoms with Crippen molar-refractivity contribution in [3.63, 3.8) is 0 Å². The fourth-order valence-electron chi connectivity index (χ4n) is 5.07. The summed E-state index contributed by atoms with van der Waals surface area (Å²) in [7, 11) is -1.52. The van der Waals surface area contributed by atoms with Crippen LogP contribution in [-0.4, -0.2) is 36.9 Å². The lowest BCUT2D eigenvalue weighted by Crippen LogP contribution is -2.29. The first kappa shape index (κ1) is 23.8. The number of aryl methyl sites for hydroxylation is 2. The zero-order chi connectivity index (χ0) is 26.2. The summed E-state index contributed by atoms with van der Waals surface area (Å²) >= 11 is 0. The Balaban J connectivity index is 1.63. The summed E-state index contributed by atoms with van der Waals surface area (Å²) in [5.74, 6) is 0.740. The second kappa shape index (κ2) is 9.74. The summed E-state index contributed by atoms with van der Waals surface area (Å²) in [6.45, 7) is 3.83. The Labute approximate surface area is 220 Å². The average molecular weight is 500 g/mol. The van der Waals surface area contributed by atoms with Crippen LogP contribution in [0.4, 0.5) is 0 Å². The van der Waals surface area contributed by atoms with E-state index in [1.807, 2.05) is 74.8 Å². The monoisotopic (exact) mass is 500 g/mol. The molecule has 0 saturated heterocycles. The highest BCUT2D eigenvalue weighted by molar-refractivity contribution is 6.58. The number of aromatic nitrogens is 4. The summed E-state index contributed by atoms with van der Waals surface area (Å²) in [6, 6.07) is 25.4. The van der Waals surface area contributed by atoms with Crippen LogP contribution in [0, 0.1) is 13.8 Å². The molecular formula is C30H25BN4O3. The van der Waals surface area contributed by atoms with E-state index in [1.54, 1.807) is 12.1 Å². The summed E-state index contributed by atoms with van der Waals surface area (Å²) in [5.41, 5.74) is 8.71. The first-order valence-corrected chi connectivity index (χ1v) is 12.4. The zero-order valence-electron chi connectivity index (χ0n) is 21.0. The fraction of sp³-hybridized carbons (Fsp3) is 0.100. The van der Waals surface area contributed by atoms with Gasteiger partial charge in [0.2, 0.25) is 0 Å². The molecule has 0 radical (unpaired) electrons. The smallest absolute Gasteiger partial charge is 0.423 e. The van der Waals surface area contributed by atoms with Crippen molar-refractivity contribution in [3.8, 4) is 22.3 Å². The first-order valence-electron chi connectivity index (χ1n) is 12.4. The number of hydrogen-bond acceptors (Lipinski definition) is 6. The van der Waals surface area contributed by atoms with Gasteiger partial charge in [0, 0.05) is 35.3 Å². The number of pyridine rings is 2. The molecule has 186 valence electrons. The summed E-state index contributed by atoms with van der Waals surface area (Å²) in [6.07, 6.45) is 5.77. The van der Waals surface area contributed by atoms with Crippen LogP contribution in [0.5, 0.6) is 0 Å². The molecular weight excluding hydrogens is 475 g/mol. The number of rotatable bonds is 6. The molecule has 38 heavy (non-hydrogen) atoms. The van der Waals surface area contributed by atoms with Gasteiger partial charge in [0.25, 0.3) is 0 Å². The molecule has 1 unspecified atom stereocenters. The van der Waals surface area contributed by atoms with E-state index in [1.165, 1.54) is 0 Å². The number of fused-ring (bicyclic) bond motifs is 1. The lowest BCUT2D eigenvalue weighted by Gasteiger charge is -2.20. The van der Waals surface area contributed by atoms with Crippen LogP contribution in [0.3, 0.4) is 0 Å². The fourth-order valence-corrected chi connectivity index (χ4v) is 5.07. The van der Waals surface area contributed by atoms with Crippen molar-refractivity contribution >= 4 is 23.6 Å². The lowest BCUT2D eigenvalue weighted by molar-refractivity contribution is 0.393. The molecule has 0 fully saturated rings. The van der Waals surface area contributed by atoms with Crippen LogP contribution >= 0.6 is 0 Å². The maximum absolute atomic E-state index is 9.57. The van der Waals surface area contributed by atoms with Gasteiger partial charge >= 0.3 is 7.12 Å². The number of nitrogens with zero attached hydrogens (tertiary/aromatic N) is 4. The third kappa shape index (κ3) is 4.20. The van der Waals surface area contributed by atoms with Gasteiger partial charge < -0.3 is 19.1 Å². The van der Waals surface area contributed by atoms with Gasteiger partial charge in [0.05, 0.1) is 22.4 Å². The highest BCUT2D eigenvalue weighted by atomic mass is 16.5. The molecule has 4 aromatic heterocycles. The Kier molecular flexibility index (Phi) is 6.11. The average Bonchev–Trinajstić information content (AvgIpc) is 3.49. The minimum Gasteiger partial charge on any atom is -0.423 e. The Morgan fingerprint density at radius 2 is 1.63 bits per heavy atom. The highest BCUT2D eigenvalue weighted by Gasteiger charge is 2.24. The molecule has 0 aliphatic heterocycles. The van der Waals surface area contributed by atoms with E-state index < -0.39 is 7.12 Å². The molecule has 4 heterocycles. The molecule has 1 atom stereocenters. The van der Waals surface area contributed by atoms with E-state index in [0.717, 1.165) is 56.0 Å². The Morgan fingerprint density at radius 1 is 0.868 bits per heavy atom. The predicted molar refractivity (Wildman–Crippen MR) is 148 cm³/mol. The minimum absolute atomic E-state index is 0.200. The normalized spacial score (nSPS) is 12.1. The Hall–Kier alpha value is -4.53. The van der Waals surface area contributed by atoms with Crippen LogP contribution in [-0.2, 0) is 0 Å². The van der Waals surface area contributed by atoms with Gasteiger partial charge in [0.1, 0.15) is 11.8 Å². The molecule has 6 aromatic rings. The van der Waals surface area contributed by atoms with Crippen LogP contribution in [0.15, 0.2) is 102 Å².